The summed E-state index contributed by atoms with van der Waals surface area (Å²) >= 11 is 0. The Hall–Kier alpha value is -1.06. The van der Waals surface area contributed by atoms with Gasteiger partial charge in [0, 0.05) is 0 Å². The molecule has 0 aliphatic heterocycles. The molecule has 0 bridgehead atoms. The summed E-state index contributed by atoms with van der Waals surface area (Å²) in [6, 6.07) is 3.12. The summed E-state index contributed by atoms with van der Waals surface area (Å²) in [7, 11) is 0. The highest BCUT2D eigenvalue weighted by Crippen LogP contribution is 2.30. The first-order valence-corrected chi connectivity index (χ1v) is 4.24. The van der Waals surface area contributed by atoms with Gasteiger partial charge in [-0.15, -0.1) is 0 Å². The number of alkyl halides is 4. The lowest BCUT2D eigenvalue weighted by molar-refractivity contribution is -0.137. The summed E-state index contributed by atoms with van der Waals surface area (Å²) in [5.41, 5.74) is 0.0365. The first-order chi connectivity index (χ1) is 6.49. The van der Waals surface area contributed by atoms with Gasteiger partial charge in [0.05, 0.1) is 5.56 Å². The Kier molecular flexibility index (Phi) is 3.13. The Balaban J connectivity index is 3.14. The third-order valence-electron chi connectivity index (χ3n) is 2.06. The fourth-order valence-electron chi connectivity index (χ4n) is 1.26. The zero-order valence-corrected chi connectivity index (χ0v) is 7.66. The molecule has 1 rings (SSSR count). The second-order valence-electron chi connectivity index (χ2n) is 2.97. The lowest BCUT2D eigenvalue weighted by Crippen LogP contribution is -2.06. The van der Waals surface area contributed by atoms with Gasteiger partial charge in [0.15, 0.2) is 0 Å². The third-order valence-corrected chi connectivity index (χ3v) is 2.06. The first-order valence-electron chi connectivity index (χ1n) is 4.24. The Morgan fingerprint density at radius 3 is 2.21 bits per heavy atom. The SMILES string of the molecule is CCc1cc(C(F)(F)F)ccc1CF. The Morgan fingerprint density at radius 2 is 1.79 bits per heavy atom. The van der Waals surface area contributed by atoms with E-state index in [0.717, 1.165) is 12.1 Å². The molecule has 14 heavy (non-hydrogen) atoms. The van der Waals surface area contributed by atoms with Gasteiger partial charge in [-0.3, -0.25) is 0 Å². The van der Waals surface area contributed by atoms with Crippen molar-refractivity contribution in [2.45, 2.75) is 26.2 Å². The summed E-state index contributed by atoms with van der Waals surface area (Å²) in [4.78, 5) is 0. The van der Waals surface area contributed by atoms with Crippen LogP contribution in [0.15, 0.2) is 18.2 Å². The van der Waals surface area contributed by atoms with Crippen molar-refractivity contribution in [1.29, 1.82) is 0 Å². The van der Waals surface area contributed by atoms with E-state index in [-0.39, 0.29) is 0 Å². The van der Waals surface area contributed by atoms with E-state index in [1.807, 2.05) is 0 Å². The lowest BCUT2D eigenvalue weighted by Gasteiger charge is -2.10. The molecule has 4 heteroatoms. The zero-order chi connectivity index (χ0) is 10.8. The van der Waals surface area contributed by atoms with Gasteiger partial charge in [-0.2, -0.15) is 13.2 Å². The van der Waals surface area contributed by atoms with E-state index in [0.29, 0.717) is 17.5 Å². The monoisotopic (exact) mass is 206 g/mol. The van der Waals surface area contributed by atoms with Gasteiger partial charge in [0.25, 0.3) is 0 Å². The lowest BCUT2D eigenvalue weighted by atomic mass is 10.0. The average Bonchev–Trinajstić information content (AvgIpc) is 2.15. The van der Waals surface area contributed by atoms with E-state index in [1.54, 1.807) is 6.92 Å². The number of hydrogen-bond donors (Lipinski definition) is 0. The Morgan fingerprint density at radius 1 is 1.14 bits per heavy atom. The van der Waals surface area contributed by atoms with Crippen LogP contribution in [0.4, 0.5) is 17.6 Å². The minimum Gasteiger partial charge on any atom is -0.246 e. The smallest absolute Gasteiger partial charge is 0.246 e. The molecule has 0 fully saturated rings. The number of rotatable bonds is 2. The van der Waals surface area contributed by atoms with E-state index in [1.165, 1.54) is 6.07 Å². The maximum Gasteiger partial charge on any atom is 0.416 e. The van der Waals surface area contributed by atoms with Gasteiger partial charge in [-0.05, 0) is 29.7 Å². The van der Waals surface area contributed by atoms with Crippen LogP contribution < -0.4 is 0 Å². The Labute approximate surface area is 79.6 Å². The van der Waals surface area contributed by atoms with Gasteiger partial charge in [0.1, 0.15) is 6.67 Å². The van der Waals surface area contributed by atoms with Gasteiger partial charge in [-0.1, -0.05) is 13.0 Å². The predicted molar refractivity (Wildman–Crippen MR) is 45.6 cm³/mol. The minimum absolute atomic E-state index is 0.334. The molecule has 1 aromatic rings. The number of halogens is 4. The molecule has 0 saturated carbocycles. The zero-order valence-electron chi connectivity index (χ0n) is 7.66. The van der Waals surface area contributed by atoms with Crippen molar-refractivity contribution >= 4 is 0 Å². The van der Waals surface area contributed by atoms with E-state index in [4.69, 9.17) is 0 Å². The topological polar surface area (TPSA) is 0 Å². The van der Waals surface area contributed by atoms with Crippen molar-refractivity contribution in [2.75, 3.05) is 0 Å². The summed E-state index contributed by atoms with van der Waals surface area (Å²) in [6.07, 6.45) is -3.94. The fourth-order valence-corrected chi connectivity index (χ4v) is 1.26. The van der Waals surface area contributed by atoms with Crippen LogP contribution >= 0.6 is 0 Å². The molecule has 0 aliphatic carbocycles. The maximum absolute atomic E-state index is 12.3. The molecular weight excluding hydrogens is 196 g/mol. The molecule has 0 N–H and O–H groups in total. The van der Waals surface area contributed by atoms with E-state index in [2.05, 4.69) is 0 Å². The number of aryl methyl sites for hydroxylation is 1. The quantitative estimate of drug-likeness (QED) is 0.646. The van der Waals surface area contributed by atoms with Crippen LogP contribution in [-0.2, 0) is 19.3 Å². The highest BCUT2D eigenvalue weighted by Gasteiger charge is 2.30. The van der Waals surface area contributed by atoms with E-state index in [9.17, 15) is 17.6 Å². The predicted octanol–water partition coefficient (Wildman–Crippen LogP) is 3.74. The van der Waals surface area contributed by atoms with Gasteiger partial charge < -0.3 is 0 Å². The molecule has 0 heterocycles. The summed E-state index contributed by atoms with van der Waals surface area (Å²) in [6.45, 7) is 0.982. The van der Waals surface area contributed by atoms with Crippen molar-refractivity contribution < 1.29 is 17.6 Å². The van der Waals surface area contributed by atoms with Crippen molar-refractivity contribution in [3.05, 3.63) is 34.9 Å². The molecule has 0 aliphatic rings. The molecule has 0 spiro atoms. The van der Waals surface area contributed by atoms with Crippen molar-refractivity contribution in [3.63, 3.8) is 0 Å². The molecule has 0 saturated heterocycles. The van der Waals surface area contributed by atoms with Crippen LogP contribution in [0.3, 0.4) is 0 Å². The van der Waals surface area contributed by atoms with E-state index < -0.39 is 18.4 Å². The third kappa shape index (κ3) is 2.25. The average molecular weight is 206 g/mol. The van der Waals surface area contributed by atoms with Gasteiger partial charge in [0.2, 0.25) is 0 Å². The Bertz CT molecular complexity index is 314. The van der Waals surface area contributed by atoms with Crippen LogP contribution in [0.2, 0.25) is 0 Å². The molecule has 0 nitrogen and oxygen atoms in total. The molecule has 0 aromatic heterocycles. The van der Waals surface area contributed by atoms with Crippen LogP contribution in [0, 0.1) is 0 Å². The van der Waals surface area contributed by atoms with Gasteiger partial charge in [-0.25, -0.2) is 4.39 Å². The minimum atomic E-state index is -4.35. The largest absolute Gasteiger partial charge is 0.416 e. The van der Waals surface area contributed by atoms with Crippen LogP contribution in [-0.4, -0.2) is 0 Å². The van der Waals surface area contributed by atoms with Crippen LogP contribution in [0.5, 0.6) is 0 Å². The second-order valence-corrected chi connectivity index (χ2v) is 2.97. The van der Waals surface area contributed by atoms with Gasteiger partial charge >= 0.3 is 6.18 Å². The molecule has 78 valence electrons. The maximum atomic E-state index is 12.3. The summed E-state index contributed by atoms with van der Waals surface area (Å²) in [5, 5.41) is 0. The molecule has 0 radical (unpaired) electrons. The first kappa shape index (κ1) is 11.0. The highest BCUT2D eigenvalue weighted by molar-refractivity contribution is 5.33. The normalized spacial score (nSPS) is 11.8. The van der Waals surface area contributed by atoms with Crippen molar-refractivity contribution in [1.82, 2.24) is 0 Å². The van der Waals surface area contributed by atoms with E-state index >= 15 is 0 Å². The highest BCUT2D eigenvalue weighted by atomic mass is 19.4. The second kappa shape index (κ2) is 3.98. The molecule has 0 atom stereocenters. The number of benzene rings is 1. The van der Waals surface area contributed by atoms with Crippen LogP contribution in [0.25, 0.3) is 0 Å². The summed E-state index contributed by atoms with van der Waals surface area (Å²) in [5.74, 6) is 0. The van der Waals surface area contributed by atoms with Crippen molar-refractivity contribution in [2.24, 2.45) is 0 Å². The molecule has 1 aromatic carbocycles. The number of hydrogen-bond acceptors (Lipinski definition) is 0. The molecule has 0 amide bonds. The molecular formula is C10H10F4. The van der Waals surface area contributed by atoms with Crippen LogP contribution in [0.1, 0.15) is 23.6 Å². The fraction of sp³-hybridized carbons (Fsp3) is 0.400. The molecule has 0 unspecified atom stereocenters. The summed E-state index contributed by atoms with van der Waals surface area (Å²) < 4.78 is 49.1. The van der Waals surface area contributed by atoms with Crippen molar-refractivity contribution in [3.8, 4) is 0 Å². The standard InChI is InChI=1S/C10H10F4/c1-2-7-5-9(10(12,13)14)4-3-8(7)6-11/h3-5H,2,6H2,1H3.